The Kier molecular flexibility index (Phi) is 4.66. The van der Waals surface area contributed by atoms with Crippen LogP contribution in [0.2, 0.25) is 0 Å². The second-order valence-corrected chi connectivity index (χ2v) is 9.04. The van der Waals surface area contributed by atoms with E-state index >= 15 is 0 Å². The number of hydrogen-bond acceptors (Lipinski definition) is 5. The molecule has 1 fully saturated rings. The number of amides is 2. The quantitative estimate of drug-likeness (QED) is 0.432. The number of carbonyl (C=O) groups is 2. The molecule has 1 aliphatic heterocycles. The first-order chi connectivity index (χ1) is 16.6. The Balaban J connectivity index is 1.64. The Morgan fingerprint density at radius 3 is 1.85 bits per heavy atom. The van der Waals surface area contributed by atoms with E-state index in [4.69, 9.17) is 14.2 Å². The summed E-state index contributed by atoms with van der Waals surface area (Å²) >= 11 is 0. The lowest BCUT2D eigenvalue weighted by molar-refractivity contribution is -0.168. The van der Waals surface area contributed by atoms with Crippen LogP contribution >= 0.6 is 0 Å². The predicted octanol–water partition coefficient (Wildman–Crippen LogP) is 3.86. The topological polar surface area (TPSA) is 65.1 Å². The van der Waals surface area contributed by atoms with Gasteiger partial charge in [0.05, 0.1) is 30.0 Å². The maximum atomic E-state index is 14.2. The fraction of sp³-hybridized carbons (Fsp3) is 0.286. The Bertz CT molecular complexity index is 1250. The number of nitrogens with zero attached hydrogens (tertiary/aromatic N) is 1. The number of imide groups is 1. The van der Waals surface area contributed by atoms with Gasteiger partial charge in [-0.3, -0.25) is 9.59 Å². The van der Waals surface area contributed by atoms with Gasteiger partial charge in [-0.05, 0) is 46.5 Å². The van der Waals surface area contributed by atoms with Gasteiger partial charge < -0.3 is 14.2 Å². The van der Waals surface area contributed by atoms with Crippen molar-refractivity contribution in [3.05, 3.63) is 95.1 Å². The van der Waals surface area contributed by atoms with E-state index in [0.29, 0.717) is 11.4 Å². The smallest absolute Gasteiger partial charge is 0.239 e. The molecule has 3 aromatic carbocycles. The number of ether oxygens (including phenoxy) is 3. The highest BCUT2D eigenvalue weighted by atomic mass is 16.7. The van der Waals surface area contributed by atoms with Gasteiger partial charge in [0.25, 0.3) is 0 Å². The number of rotatable bonds is 5. The summed E-state index contributed by atoms with van der Waals surface area (Å²) in [5, 5.41) is 0. The molecular formula is C28H25NO5. The van der Waals surface area contributed by atoms with E-state index in [0.717, 1.165) is 22.3 Å². The molecule has 3 aromatic rings. The van der Waals surface area contributed by atoms with Gasteiger partial charge in [-0.15, -0.1) is 0 Å². The molecule has 1 saturated heterocycles. The van der Waals surface area contributed by atoms with Gasteiger partial charge in [0.2, 0.25) is 11.8 Å². The first kappa shape index (κ1) is 21.1. The first-order valence-corrected chi connectivity index (χ1v) is 11.4. The molecule has 0 saturated carbocycles. The molecule has 0 N–H and O–H groups in total. The maximum absolute atomic E-state index is 14.2. The molecule has 2 amide bonds. The number of anilines is 1. The average molecular weight is 456 g/mol. The summed E-state index contributed by atoms with van der Waals surface area (Å²) in [7, 11) is 4.76. The lowest BCUT2D eigenvalue weighted by atomic mass is 9.47. The zero-order valence-corrected chi connectivity index (χ0v) is 19.2. The maximum Gasteiger partial charge on any atom is 0.239 e. The largest absolute Gasteiger partial charge is 0.497 e. The highest BCUT2D eigenvalue weighted by Crippen LogP contribution is 2.65. The van der Waals surface area contributed by atoms with Crippen LogP contribution < -0.4 is 9.64 Å². The zero-order valence-electron chi connectivity index (χ0n) is 19.2. The van der Waals surface area contributed by atoms with Gasteiger partial charge in [0, 0.05) is 20.1 Å². The Hall–Kier alpha value is -3.48. The Labute approximate surface area is 198 Å². The summed E-state index contributed by atoms with van der Waals surface area (Å²) in [6.07, 6.45) is -0.754. The Morgan fingerprint density at radius 2 is 1.32 bits per heavy atom. The van der Waals surface area contributed by atoms with Crippen LogP contribution in [0.1, 0.15) is 28.2 Å². The molecule has 1 heterocycles. The number of benzene rings is 3. The average Bonchev–Trinajstić information content (AvgIpc) is 3.16. The van der Waals surface area contributed by atoms with E-state index < -0.39 is 23.5 Å². The summed E-state index contributed by atoms with van der Waals surface area (Å²) in [5.41, 5.74) is 3.68. The molecule has 172 valence electrons. The van der Waals surface area contributed by atoms with Crippen molar-refractivity contribution in [2.75, 3.05) is 26.2 Å². The van der Waals surface area contributed by atoms with Gasteiger partial charge in [-0.25, -0.2) is 4.90 Å². The molecule has 3 aliphatic carbocycles. The molecule has 0 radical (unpaired) electrons. The first-order valence-electron chi connectivity index (χ1n) is 11.4. The van der Waals surface area contributed by atoms with Crippen LogP contribution in [-0.2, 0) is 24.5 Å². The molecule has 6 nitrogen and oxygen atoms in total. The summed E-state index contributed by atoms with van der Waals surface area (Å²) in [6, 6.07) is 23.2. The molecule has 2 bridgehead atoms. The predicted molar refractivity (Wildman–Crippen MR) is 126 cm³/mol. The minimum Gasteiger partial charge on any atom is -0.497 e. The minimum atomic E-state index is -0.954. The summed E-state index contributed by atoms with van der Waals surface area (Å²) in [5.74, 6) is -1.17. The molecule has 7 rings (SSSR count). The van der Waals surface area contributed by atoms with E-state index in [2.05, 4.69) is 12.1 Å². The standard InChI is InChI=1S/C28H25NO5/c1-32-17-14-12-16(13-15-17)29-25(30)23-22-18-8-4-6-10-20(18)28(24(23)26(29)31,27(33-2)34-3)21-11-7-5-9-19(21)22/h4-15,22-24,27H,1-3H3/t22?,23-,24-,28?/m0/s1. The fourth-order valence-electron chi connectivity index (χ4n) is 6.68. The molecule has 0 aromatic heterocycles. The van der Waals surface area contributed by atoms with Crippen LogP contribution in [0.4, 0.5) is 5.69 Å². The van der Waals surface area contributed by atoms with Crippen molar-refractivity contribution >= 4 is 17.5 Å². The van der Waals surface area contributed by atoms with E-state index in [1.807, 2.05) is 36.4 Å². The number of carbonyl (C=O) groups excluding carboxylic acids is 2. The van der Waals surface area contributed by atoms with Gasteiger partial charge in [0.1, 0.15) is 5.75 Å². The number of methoxy groups -OCH3 is 3. The van der Waals surface area contributed by atoms with E-state index in [-0.39, 0.29) is 17.7 Å². The summed E-state index contributed by atoms with van der Waals surface area (Å²) < 4.78 is 17.1. The summed E-state index contributed by atoms with van der Waals surface area (Å²) in [4.78, 5) is 29.6. The van der Waals surface area contributed by atoms with Gasteiger partial charge in [-0.2, -0.15) is 0 Å². The van der Waals surface area contributed by atoms with Crippen molar-refractivity contribution in [3.8, 4) is 5.75 Å². The van der Waals surface area contributed by atoms with Crippen LogP contribution in [0.5, 0.6) is 5.75 Å². The molecule has 6 heteroatoms. The van der Waals surface area contributed by atoms with Crippen LogP contribution in [0.3, 0.4) is 0 Å². The molecule has 0 spiro atoms. The van der Waals surface area contributed by atoms with Crippen LogP contribution in [0.15, 0.2) is 72.8 Å². The molecule has 34 heavy (non-hydrogen) atoms. The molecule has 0 unspecified atom stereocenters. The SMILES string of the molecule is COc1ccc(N2C(=O)[C@@H]3[C@@H](C2=O)C2c4ccccc4C3(C(OC)OC)c3ccccc32)cc1. The fourth-order valence-corrected chi connectivity index (χ4v) is 6.68. The lowest BCUT2D eigenvalue weighted by Crippen LogP contribution is -2.60. The highest BCUT2D eigenvalue weighted by Gasteiger charge is 2.71. The second kappa shape index (κ2) is 7.52. The van der Waals surface area contributed by atoms with E-state index in [1.54, 1.807) is 45.6 Å². The normalized spacial score (nSPS) is 26.5. The lowest BCUT2D eigenvalue weighted by Gasteiger charge is -2.56. The van der Waals surface area contributed by atoms with Crippen LogP contribution in [0.25, 0.3) is 0 Å². The van der Waals surface area contributed by atoms with Gasteiger partial charge >= 0.3 is 0 Å². The van der Waals surface area contributed by atoms with Gasteiger partial charge in [0.15, 0.2) is 6.29 Å². The molecule has 2 atom stereocenters. The van der Waals surface area contributed by atoms with Crippen molar-refractivity contribution in [3.63, 3.8) is 0 Å². The third kappa shape index (κ3) is 2.42. The molecular weight excluding hydrogens is 430 g/mol. The van der Waals surface area contributed by atoms with E-state index in [1.165, 1.54) is 4.90 Å². The van der Waals surface area contributed by atoms with Crippen molar-refractivity contribution in [1.82, 2.24) is 0 Å². The third-order valence-electron chi connectivity index (χ3n) is 7.81. The van der Waals surface area contributed by atoms with Crippen molar-refractivity contribution < 1.29 is 23.8 Å². The second-order valence-electron chi connectivity index (χ2n) is 9.04. The molecule has 4 aliphatic rings. The Morgan fingerprint density at radius 1 is 0.765 bits per heavy atom. The van der Waals surface area contributed by atoms with Gasteiger partial charge in [-0.1, -0.05) is 48.5 Å². The van der Waals surface area contributed by atoms with Crippen LogP contribution in [0, 0.1) is 11.8 Å². The summed E-state index contributed by atoms with van der Waals surface area (Å²) in [6.45, 7) is 0. The zero-order chi connectivity index (χ0) is 23.6. The highest BCUT2D eigenvalue weighted by molar-refractivity contribution is 6.23. The van der Waals surface area contributed by atoms with Crippen molar-refractivity contribution in [1.29, 1.82) is 0 Å². The van der Waals surface area contributed by atoms with Crippen molar-refractivity contribution in [2.45, 2.75) is 17.6 Å². The monoisotopic (exact) mass is 455 g/mol. The van der Waals surface area contributed by atoms with E-state index in [9.17, 15) is 9.59 Å². The number of hydrogen-bond donors (Lipinski definition) is 0. The van der Waals surface area contributed by atoms with Crippen molar-refractivity contribution in [2.24, 2.45) is 11.8 Å². The third-order valence-corrected chi connectivity index (χ3v) is 7.81. The minimum absolute atomic E-state index is 0.190. The van der Waals surface area contributed by atoms with Crippen LogP contribution in [-0.4, -0.2) is 39.4 Å².